The molecule has 18 heavy (non-hydrogen) atoms. The molecular weight excluding hydrogens is 232 g/mol. The van der Waals surface area contributed by atoms with Crippen LogP contribution in [0.1, 0.15) is 43.7 Å². The number of carbonyl (C=O) groups excluding carboxylic acids is 2. The molecule has 1 N–H and O–H groups in total. The summed E-state index contributed by atoms with van der Waals surface area (Å²) in [5.74, 6) is -0.0266. The van der Waals surface area contributed by atoms with Crippen LogP contribution in [0, 0.1) is 5.41 Å². The van der Waals surface area contributed by atoms with Gasteiger partial charge in [-0.3, -0.25) is 9.59 Å². The van der Waals surface area contributed by atoms with Gasteiger partial charge in [-0.1, -0.05) is 13.8 Å². The molecule has 1 saturated carbocycles. The van der Waals surface area contributed by atoms with E-state index in [0.717, 1.165) is 12.1 Å². The zero-order chi connectivity index (χ0) is 13.2. The summed E-state index contributed by atoms with van der Waals surface area (Å²) < 4.78 is 4.95. The minimum Gasteiger partial charge on any atom is -0.459 e. The molecule has 2 rings (SSSR count). The normalized spacial score (nSPS) is 21.0. The number of ketones is 1. The molecule has 5 heteroatoms. The van der Waals surface area contributed by atoms with E-state index in [-0.39, 0.29) is 17.0 Å². The average Bonchev–Trinajstić information content (AvgIpc) is 2.76. The van der Waals surface area contributed by atoms with Gasteiger partial charge < -0.3 is 4.42 Å². The first-order valence-electron chi connectivity index (χ1n) is 5.87. The number of furan rings is 1. The predicted molar refractivity (Wildman–Crippen MR) is 66.2 cm³/mol. The molecule has 0 aromatic carbocycles. The van der Waals surface area contributed by atoms with Gasteiger partial charge in [-0.05, 0) is 24.0 Å². The van der Waals surface area contributed by atoms with E-state index in [1.807, 2.05) is 13.8 Å². The van der Waals surface area contributed by atoms with Gasteiger partial charge in [0.1, 0.15) is 5.78 Å². The van der Waals surface area contributed by atoms with Crippen LogP contribution >= 0.6 is 0 Å². The number of nitrogens with zero attached hydrogens (tertiary/aromatic N) is 1. The molecule has 1 amide bonds. The summed E-state index contributed by atoms with van der Waals surface area (Å²) in [6.07, 6.45) is 3.03. The van der Waals surface area contributed by atoms with Crippen LogP contribution in [0.5, 0.6) is 0 Å². The molecule has 1 aromatic rings. The SMILES string of the molecule is CC1(C)CC(=O)C/C(=N\NC(=O)c2ccco2)C1. The third-order valence-corrected chi connectivity index (χ3v) is 2.82. The number of amides is 1. The number of hydrazone groups is 1. The summed E-state index contributed by atoms with van der Waals surface area (Å²) in [5.41, 5.74) is 3.06. The van der Waals surface area contributed by atoms with Crippen molar-refractivity contribution >= 4 is 17.4 Å². The molecule has 96 valence electrons. The lowest BCUT2D eigenvalue weighted by Gasteiger charge is -2.28. The summed E-state index contributed by atoms with van der Waals surface area (Å²) in [7, 11) is 0. The molecule has 1 aliphatic rings. The minimum absolute atomic E-state index is 0.0798. The predicted octanol–water partition coefficient (Wildman–Crippen LogP) is 2.14. The van der Waals surface area contributed by atoms with Crippen LogP contribution in [0.25, 0.3) is 0 Å². The van der Waals surface area contributed by atoms with Gasteiger partial charge in [-0.15, -0.1) is 0 Å². The number of carbonyl (C=O) groups is 2. The highest BCUT2D eigenvalue weighted by Crippen LogP contribution is 2.31. The highest BCUT2D eigenvalue weighted by atomic mass is 16.3. The third-order valence-electron chi connectivity index (χ3n) is 2.82. The Balaban J connectivity index is 2.01. The second kappa shape index (κ2) is 4.76. The molecular formula is C13H16N2O3. The lowest BCUT2D eigenvalue weighted by Crippen LogP contribution is -2.31. The first kappa shape index (κ1) is 12.5. The van der Waals surface area contributed by atoms with Crippen LogP contribution in [0.3, 0.4) is 0 Å². The summed E-state index contributed by atoms with van der Waals surface area (Å²) >= 11 is 0. The van der Waals surface area contributed by atoms with Crippen molar-refractivity contribution in [3.63, 3.8) is 0 Å². The first-order chi connectivity index (χ1) is 8.46. The van der Waals surface area contributed by atoms with E-state index in [4.69, 9.17) is 4.42 Å². The van der Waals surface area contributed by atoms with E-state index in [1.165, 1.54) is 6.26 Å². The fourth-order valence-electron chi connectivity index (χ4n) is 2.17. The molecule has 0 spiro atoms. The van der Waals surface area contributed by atoms with Crippen molar-refractivity contribution in [1.29, 1.82) is 0 Å². The van der Waals surface area contributed by atoms with Crippen LogP contribution < -0.4 is 5.43 Å². The second-order valence-corrected chi connectivity index (χ2v) is 5.33. The van der Waals surface area contributed by atoms with Gasteiger partial charge in [0.2, 0.25) is 0 Å². The van der Waals surface area contributed by atoms with Gasteiger partial charge in [-0.2, -0.15) is 5.10 Å². The topological polar surface area (TPSA) is 71.7 Å². The standard InChI is InChI=1S/C13H16N2O3/c1-13(2)7-9(6-10(16)8-13)14-15-12(17)11-4-3-5-18-11/h3-5H,6-8H2,1-2H3,(H,15,17)/b14-9+. The number of rotatable bonds is 2. The fraction of sp³-hybridized carbons (Fsp3) is 0.462. The van der Waals surface area contributed by atoms with E-state index in [9.17, 15) is 9.59 Å². The molecule has 1 fully saturated rings. The molecule has 5 nitrogen and oxygen atoms in total. The van der Waals surface area contributed by atoms with Gasteiger partial charge in [-0.25, -0.2) is 5.43 Å². The Bertz CT molecular complexity index is 486. The van der Waals surface area contributed by atoms with Crippen LogP contribution in [-0.4, -0.2) is 17.4 Å². The highest BCUT2D eigenvalue weighted by Gasteiger charge is 2.30. The maximum absolute atomic E-state index is 11.6. The Morgan fingerprint density at radius 3 is 2.83 bits per heavy atom. The quantitative estimate of drug-likeness (QED) is 0.815. The smallest absolute Gasteiger partial charge is 0.307 e. The first-order valence-corrected chi connectivity index (χ1v) is 5.87. The van der Waals surface area contributed by atoms with Crippen molar-refractivity contribution in [2.45, 2.75) is 33.1 Å². The van der Waals surface area contributed by atoms with Crippen LogP contribution in [0.2, 0.25) is 0 Å². The third kappa shape index (κ3) is 3.06. The van der Waals surface area contributed by atoms with Crippen LogP contribution in [0.15, 0.2) is 27.9 Å². The molecule has 0 radical (unpaired) electrons. The van der Waals surface area contributed by atoms with Gasteiger partial charge >= 0.3 is 5.91 Å². The molecule has 0 aliphatic heterocycles. The van der Waals surface area contributed by atoms with Gasteiger partial charge in [0.25, 0.3) is 0 Å². The average molecular weight is 248 g/mol. The second-order valence-electron chi connectivity index (χ2n) is 5.33. The van der Waals surface area contributed by atoms with Crippen LogP contribution in [-0.2, 0) is 4.79 Å². The van der Waals surface area contributed by atoms with E-state index < -0.39 is 5.91 Å². The van der Waals surface area contributed by atoms with E-state index in [2.05, 4.69) is 10.5 Å². The Kier molecular flexibility index (Phi) is 3.32. The van der Waals surface area contributed by atoms with Crippen molar-refractivity contribution in [3.05, 3.63) is 24.2 Å². The maximum atomic E-state index is 11.6. The zero-order valence-electron chi connectivity index (χ0n) is 10.5. The molecule has 1 aromatic heterocycles. The number of Topliss-reactive ketones (excluding diaryl/α,β-unsaturated/α-hetero) is 1. The van der Waals surface area contributed by atoms with Gasteiger partial charge in [0, 0.05) is 18.6 Å². The lowest BCUT2D eigenvalue weighted by molar-refractivity contribution is -0.120. The molecule has 0 bridgehead atoms. The summed E-state index contributed by atoms with van der Waals surface area (Å²) in [6.45, 7) is 4.04. The number of hydrogen-bond acceptors (Lipinski definition) is 4. The summed E-state index contributed by atoms with van der Waals surface area (Å²) in [4.78, 5) is 23.1. The minimum atomic E-state index is -0.400. The Morgan fingerprint density at radius 2 is 2.22 bits per heavy atom. The number of nitrogens with one attached hydrogen (secondary N) is 1. The van der Waals surface area contributed by atoms with E-state index >= 15 is 0 Å². The maximum Gasteiger partial charge on any atom is 0.307 e. The highest BCUT2D eigenvalue weighted by molar-refractivity contribution is 6.05. The van der Waals surface area contributed by atoms with Crippen molar-refractivity contribution in [2.75, 3.05) is 0 Å². The molecule has 0 unspecified atom stereocenters. The lowest BCUT2D eigenvalue weighted by atomic mass is 9.76. The zero-order valence-corrected chi connectivity index (χ0v) is 10.5. The Hall–Kier alpha value is -1.91. The van der Waals surface area contributed by atoms with Crippen molar-refractivity contribution in [3.8, 4) is 0 Å². The Morgan fingerprint density at radius 1 is 1.44 bits per heavy atom. The van der Waals surface area contributed by atoms with Crippen molar-refractivity contribution < 1.29 is 14.0 Å². The van der Waals surface area contributed by atoms with E-state index in [0.29, 0.717) is 12.8 Å². The molecule has 1 aliphatic carbocycles. The van der Waals surface area contributed by atoms with Crippen molar-refractivity contribution in [2.24, 2.45) is 10.5 Å². The largest absolute Gasteiger partial charge is 0.459 e. The van der Waals surface area contributed by atoms with Crippen LogP contribution in [0.4, 0.5) is 0 Å². The summed E-state index contributed by atoms with van der Waals surface area (Å²) in [6, 6.07) is 3.20. The number of hydrogen-bond donors (Lipinski definition) is 1. The van der Waals surface area contributed by atoms with Gasteiger partial charge in [0.05, 0.1) is 6.26 Å². The Labute approximate surface area is 105 Å². The van der Waals surface area contributed by atoms with Crippen molar-refractivity contribution in [1.82, 2.24) is 5.43 Å². The van der Waals surface area contributed by atoms with E-state index in [1.54, 1.807) is 12.1 Å². The molecule has 0 saturated heterocycles. The fourth-order valence-corrected chi connectivity index (χ4v) is 2.17. The molecule has 1 heterocycles. The monoisotopic (exact) mass is 248 g/mol. The summed E-state index contributed by atoms with van der Waals surface area (Å²) in [5, 5.41) is 4.02. The molecule has 0 atom stereocenters. The van der Waals surface area contributed by atoms with Gasteiger partial charge in [0.15, 0.2) is 5.76 Å².